The van der Waals surface area contributed by atoms with E-state index in [-0.39, 0.29) is 11.2 Å². The van der Waals surface area contributed by atoms with Crippen LogP contribution in [0.2, 0.25) is 0 Å². The second kappa shape index (κ2) is 5.25. The average Bonchev–Trinajstić information content (AvgIpc) is 2.28. The Morgan fingerprint density at radius 3 is 2.59 bits per heavy atom. The highest BCUT2D eigenvalue weighted by molar-refractivity contribution is 5.62. The molecule has 0 bridgehead atoms. The molecule has 0 radical (unpaired) electrons. The summed E-state index contributed by atoms with van der Waals surface area (Å²) in [6.07, 6.45) is 1.02. The lowest BCUT2D eigenvalue weighted by Crippen LogP contribution is -2.22. The standard InChI is InChI=1S/C13H21FN2O/c1-5-13(2,3)8-16-11-7-12(17-4)10(15)6-9(11)14/h6-7,16H,5,8,15H2,1-4H3. The van der Waals surface area contributed by atoms with E-state index in [4.69, 9.17) is 10.5 Å². The minimum atomic E-state index is -0.352. The Morgan fingerprint density at radius 2 is 2.06 bits per heavy atom. The van der Waals surface area contributed by atoms with Gasteiger partial charge in [-0.1, -0.05) is 20.8 Å². The molecule has 0 spiro atoms. The summed E-state index contributed by atoms with van der Waals surface area (Å²) in [5.41, 5.74) is 6.48. The Morgan fingerprint density at radius 1 is 1.41 bits per heavy atom. The van der Waals surface area contributed by atoms with Crippen molar-refractivity contribution in [3.63, 3.8) is 0 Å². The maximum Gasteiger partial charge on any atom is 0.148 e. The normalized spacial score (nSPS) is 11.4. The first-order chi connectivity index (χ1) is 7.89. The van der Waals surface area contributed by atoms with Crippen LogP contribution in [0.15, 0.2) is 12.1 Å². The first-order valence-corrected chi connectivity index (χ1v) is 5.76. The summed E-state index contributed by atoms with van der Waals surface area (Å²) in [6, 6.07) is 2.87. The van der Waals surface area contributed by atoms with Crippen molar-refractivity contribution in [1.82, 2.24) is 0 Å². The molecule has 0 aliphatic rings. The molecule has 0 atom stereocenters. The number of methoxy groups -OCH3 is 1. The van der Waals surface area contributed by atoms with Gasteiger partial charge in [0.05, 0.1) is 18.5 Å². The van der Waals surface area contributed by atoms with Gasteiger partial charge >= 0.3 is 0 Å². The van der Waals surface area contributed by atoms with Gasteiger partial charge < -0.3 is 15.8 Å². The van der Waals surface area contributed by atoms with Gasteiger partial charge in [0.25, 0.3) is 0 Å². The number of anilines is 2. The summed E-state index contributed by atoms with van der Waals surface area (Å²) in [4.78, 5) is 0. The average molecular weight is 240 g/mol. The largest absolute Gasteiger partial charge is 0.495 e. The van der Waals surface area contributed by atoms with E-state index in [1.165, 1.54) is 13.2 Å². The van der Waals surface area contributed by atoms with Crippen molar-refractivity contribution in [1.29, 1.82) is 0 Å². The van der Waals surface area contributed by atoms with Crippen LogP contribution in [-0.4, -0.2) is 13.7 Å². The molecule has 4 heteroatoms. The Hall–Kier alpha value is -1.45. The zero-order chi connectivity index (χ0) is 13.1. The SMILES string of the molecule is CCC(C)(C)CNc1cc(OC)c(N)cc1F. The van der Waals surface area contributed by atoms with Gasteiger partial charge in [-0.2, -0.15) is 0 Å². The summed E-state index contributed by atoms with van der Waals surface area (Å²) in [5, 5.41) is 3.10. The zero-order valence-corrected chi connectivity index (χ0v) is 10.9. The molecule has 0 saturated carbocycles. The van der Waals surface area contributed by atoms with Gasteiger partial charge in [0.2, 0.25) is 0 Å². The second-order valence-corrected chi connectivity index (χ2v) is 4.95. The minimum Gasteiger partial charge on any atom is -0.495 e. The molecule has 0 aliphatic heterocycles. The third kappa shape index (κ3) is 3.51. The van der Waals surface area contributed by atoms with Crippen LogP contribution < -0.4 is 15.8 Å². The molecule has 3 nitrogen and oxygen atoms in total. The first-order valence-electron chi connectivity index (χ1n) is 5.76. The van der Waals surface area contributed by atoms with E-state index in [1.807, 2.05) is 0 Å². The highest BCUT2D eigenvalue weighted by Crippen LogP contribution is 2.29. The van der Waals surface area contributed by atoms with E-state index in [0.717, 1.165) is 6.42 Å². The molecule has 1 aromatic carbocycles. The van der Waals surface area contributed by atoms with Crippen LogP contribution in [0.5, 0.6) is 5.75 Å². The molecule has 96 valence electrons. The predicted octanol–water partition coefficient (Wildman–Crippen LogP) is 3.26. The molecule has 1 rings (SSSR count). The molecule has 0 aromatic heterocycles. The van der Waals surface area contributed by atoms with Crippen LogP contribution in [0.1, 0.15) is 27.2 Å². The fourth-order valence-electron chi connectivity index (χ4n) is 1.34. The number of rotatable bonds is 5. The fourth-order valence-corrected chi connectivity index (χ4v) is 1.34. The number of halogens is 1. The fraction of sp³-hybridized carbons (Fsp3) is 0.538. The molecule has 0 fully saturated rings. The van der Waals surface area contributed by atoms with Crippen LogP contribution in [0.3, 0.4) is 0 Å². The maximum atomic E-state index is 13.6. The summed E-state index contributed by atoms with van der Waals surface area (Å²) in [7, 11) is 1.52. The van der Waals surface area contributed by atoms with E-state index in [1.54, 1.807) is 6.07 Å². The van der Waals surface area contributed by atoms with Crippen molar-refractivity contribution >= 4 is 11.4 Å². The van der Waals surface area contributed by atoms with Gasteiger partial charge in [0.15, 0.2) is 0 Å². The lowest BCUT2D eigenvalue weighted by molar-refractivity contribution is 0.376. The first kappa shape index (κ1) is 13.6. The number of nitrogens with one attached hydrogen (secondary N) is 1. The summed E-state index contributed by atoms with van der Waals surface area (Å²) in [5.74, 6) is 0.137. The molecule has 0 aliphatic carbocycles. The molecule has 0 unspecified atom stereocenters. The Balaban J connectivity index is 2.84. The summed E-state index contributed by atoms with van der Waals surface area (Å²) in [6.45, 7) is 7.08. The third-order valence-electron chi connectivity index (χ3n) is 3.03. The van der Waals surface area contributed by atoms with E-state index in [0.29, 0.717) is 23.7 Å². The summed E-state index contributed by atoms with van der Waals surface area (Å²) < 4.78 is 18.7. The molecule has 0 heterocycles. The van der Waals surface area contributed by atoms with Gasteiger partial charge in [0.1, 0.15) is 11.6 Å². The van der Waals surface area contributed by atoms with Crippen LogP contribution in [0, 0.1) is 11.2 Å². The molecule has 0 saturated heterocycles. The smallest absolute Gasteiger partial charge is 0.148 e. The number of ether oxygens (including phenoxy) is 1. The highest BCUT2D eigenvalue weighted by Gasteiger charge is 2.16. The van der Waals surface area contributed by atoms with Crippen LogP contribution in [0.4, 0.5) is 15.8 Å². The molecule has 1 aromatic rings. The third-order valence-corrected chi connectivity index (χ3v) is 3.03. The molecule has 17 heavy (non-hydrogen) atoms. The van der Waals surface area contributed by atoms with Crippen molar-refractivity contribution in [3.05, 3.63) is 17.9 Å². The van der Waals surface area contributed by atoms with Gasteiger partial charge in [-0.3, -0.25) is 0 Å². The van der Waals surface area contributed by atoms with Crippen molar-refractivity contribution in [2.75, 3.05) is 24.7 Å². The summed E-state index contributed by atoms with van der Waals surface area (Å²) >= 11 is 0. The van der Waals surface area contributed by atoms with Gasteiger partial charge in [-0.05, 0) is 11.8 Å². The number of nitrogens with two attached hydrogens (primary N) is 1. The monoisotopic (exact) mass is 240 g/mol. The molecular weight excluding hydrogens is 219 g/mol. The van der Waals surface area contributed by atoms with E-state index in [9.17, 15) is 4.39 Å². The number of hydrogen-bond donors (Lipinski definition) is 2. The number of hydrogen-bond acceptors (Lipinski definition) is 3. The lowest BCUT2D eigenvalue weighted by Gasteiger charge is -2.24. The molecule has 0 amide bonds. The van der Waals surface area contributed by atoms with Crippen molar-refractivity contribution < 1.29 is 9.13 Å². The zero-order valence-electron chi connectivity index (χ0n) is 10.9. The van der Waals surface area contributed by atoms with Crippen molar-refractivity contribution in [2.45, 2.75) is 27.2 Å². The van der Waals surface area contributed by atoms with Gasteiger partial charge in [-0.25, -0.2) is 4.39 Å². The van der Waals surface area contributed by atoms with E-state index < -0.39 is 0 Å². The van der Waals surface area contributed by atoms with Crippen LogP contribution in [-0.2, 0) is 0 Å². The van der Waals surface area contributed by atoms with Crippen molar-refractivity contribution in [3.8, 4) is 5.75 Å². The van der Waals surface area contributed by atoms with Crippen LogP contribution in [0.25, 0.3) is 0 Å². The molecule has 3 N–H and O–H groups in total. The van der Waals surface area contributed by atoms with E-state index >= 15 is 0 Å². The highest BCUT2D eigenvalue weighted by atomic mass is 19.1. The van der Waals surface area contributed by atoms with Gasteiger partial charge in [-0.15, -0.1) is 0 Å². The molecular formula is C13H21FN2O. The minimum absolute atomic E-state index is 0.126. The predicted molar refractivity (Wildman–Crippen MR) is 69.9 cm³/mol. The Labute approximate surface area is 102 Å². The topological polar surface area (TPSA) is 47.3 Å². The van der Waals surface area contributed by atoms with Crippen molar-refractivity contribution in [2.24, 2.45) is 5.41 Å². The number of benzene rings is 1. The maximum absolute atomic E-state index is 13.6. The quantitative estimate of drug-likeness (QED) is 0.776. The Bertz CT molecular complexity index is 391. The van der Waals surface area contributed by atoms with Gasteiger partial charge in [0, 0.05) is 18.7 Å². The Kier molecular flexibility index (Phi) is 4.21. The second-order valence-electron chi connectivity index (χ2n) is 4.95. The van der Waals surface area contributed by atoms with Crippen LogP contribution >= 0.6 is 0 Å². The van der Waals surface area contributed by atoms with E-state index in [2.05, 4.69) is 26.1 Å². The lowest BCUT2D eigenvalue weighted by atomic mass is 9.90. The number of nitrogen functional groups attached to an aromatic ring is 1.